The van der Waals surface area contributed by atoms with Crippen LogP contribution in [0.3, 0.4) is 0 Å². The maximum atomic E-state index is 13.1. The molecule has 146 valence electrons. The molecule has 2 bridgehead atoms. The van der Waals surface area contributed by atoms with Gasteiger partial charge in [-0.25, -0.2) is 4.79 Å². The summed E-state index contributed by atoms with van der Waals surface area (Å²) in [5.41, 5.74) is -0.940. The Kier molecular flexibility index (Phi) is 4.34. The Balaban J connectivity index is 1.36. The van der Waals surface area contributed by atoms with Gasteiger partial charge >= 0.3 is 11.9 Å². The third-order valence-corrected chi connectivity index (χ3v) is 7.47. The molecule has 0 radical (unpaired) electrons. The summed E-state index contributed by atoms with van der Waals surface area (Å²) in [5, 5.41) is 0. The van der Waals surface area contributed by atoms with Gasteiger partial charge in [0.1, 0.15) is 6.10 Å². The van der Waals surface area contributed by atoms with Crippen molar-refractivity contribution in [3.8, 4) is 0 Å². The zero-order valence-electron chi connectivity index (χ0n) is 16.5. The Bertz CT molecular complexity index is 738. The second-order valence-electron chi connectivity index (χ2n) is 9.04. The SMILES string of the molecule is CC12CCC(C(=O)OC3CCN(Cc4ccccc4)CC3)(OC1=O)C2(C)C. The highest BCUT2D eigenvalue weighted by molar-refractivity contribution is 5.93. The van der Waals surface area contributed by atoms with E-state index in [0.717, 1.165) is 32.5 Å². The first kappa shape index (κ1) is 18.5. The van der Waals surface area contributed by atoms with Crippen molar-refractivity contribution < 1.29 is 19.1 Å². The maximum Gasteiger partial charge on any atom is 0.351 e. The van der Waals surface area contributed by atoms with Gasteiger partial charge in [-0.1, -0.05) is 44.2 Å². The number of hydrogen-bond acceptors (Lipinski definition) is 5. The van der Waals surface area contributed by atoms with Crippen molar-refractivity contribution in [2.45, 2.75) is 64.7 Å². The summed E-state index contributed by atoms with van der Waals surface area (Å²) in [6.07, 6.45) is 2.79. The van der Waals surface area contributed by atoms with Gasteiger partial charge in [-0.2, -0.15) is 0 Å². The number of carbonyl (C=O) groups is 2. The molecule has 3 aliphatic rings. The van der Waals surface area contributed by atoms with Gasteiger partial charge in [-0.3, -0.25) is 9.69 Å². The van der Waals surface area contributed by atoms with Crippen LogP contribution in [0.15, 0.2) is 30.3 Å². The molecule has 1 saturated carbocycles. The lowest BCUT2D eigenvalue weighted by atomic mass is 9.66. The lowest BCUT2D eigenvalue weighted by Crippen LogP contribution is -2.50. The first-order valence-electron chi connectivity index (χ1n) is 9.99. The monoisotopic (exact) mass is 371 g/mol. The van der Waals surface area contributed by atoms with E-state index < -0.39 is 16.4 Å². The molecule has 27 heavy (non-hydrogen) atoms. The molecule has 1 aliphatic carbocycles. The average Bonchev–Trinajstić information content (AvgIpc) is 2.95. The third-order valence-electron chi connectivity index (χ3n) is 7.47. The Morgan fingerprint density at radius 3 is 2.37 bits per heavy atom. The smallest absolute Gasteiger partial charge is 0.351 e. The maximum absolute atomic E-state index is 13.1. The number of carbonyl (C=O) groups excluding carboxylic acids is 2. The molecule has 2 aliphatic heterocycles. The number of hydrogen-bond donors (Lipinski definition) is 0. The summed E-state index contributed by atoms with van der Waals surface area (Å²) in [6, 6.07) is 10.4. The molecule has 0 amide bonds. The fourth-order valence-electron chi connectivity index (χ4n) is 4.98. The molecule has 2 unspecified atom stereocenters. The van der Waals surface area contributed by atoms with E-state index in [1.165, 1.54) is 5.56 Å². The van der Waals surface area contributed by atoms with E-state index in [2.05, 4.69) is 29.2 Å². The van der Waals surface area contributed by atoms with Gasteiger partial charge in [-0.15, -0.1) is 0 Å². The molecule has 2 heterocycles. The van der Waals surface area contributed by atoms with Crippen molar-refractivity contribution in [3.63, 3.8) is 0 Å². The van der Waals surface area contributed by atoms with Crippen LogP contribution in [-0.4, -0.2) is 41.6 Å². The van der Waals surface area contributed by atoms with E-state index in [0.29, 0.717) is 12.8 Å². The van der Waals surface area contributed by atoms with Gasteiger partial charge in [0, 0.05) is 25.0 Å². The van der Waals surface area contributed by atoms with Gasteiger partial charge in [0.05, 0.1) is 5.41 Å². The van der Waals surface area contributed by atoms with E-state index in [-0.39, 0.29) is 18.0 Å². The highest BCUT2D eigenvalue weighted by atomic mass is 16.6. The van der Waals surface area contributed by atoms with Crippen LogP contribution in [-0.2, 0) is 25.6 Å². The number of benzene rings is 1. The molecule has 4 rings (SSSR count). The van der Waals surface area contributed by atoms with E-state index in [9.17, 15) is 9.59 Å². The summed E-state index contributed by atoms with van der Waals surface area (Å²) in [6.45, 7) is 8.58. The van der Waals surface area contributed by atoms with Crippen LogP contribution in [0.5, 0.6) is 0 Å². The molecule has 0 spiro atoms. The molecule has 5 nitrogen and oxygen atoms in total. The van der Waals surface area contributed by atoms with Crippen LogP contribution in [0.4, 0.5) is 0 Å². The Labute approximate surface area is 161 Å². The second-order valence-corrected chi connectivity index (χ2v) is 9.04. The summed E-state index contributed by atoms with van der Waals surface area (Å²) in [7, 11) is 0. The number of rotatable bonds is 4. The highest BCUT2D eigenvalue weighted by Crippen LogP contribution is 2.65. The van der Waals surface area contributed by atoms with Crippen LogP contribution >= 0.6 is 0 Å². The fourth-order valence-corrected chi connectivity index (χ4v) is 4.98. The van der Waals surface area contributed by atoms with Crippen molar-refractivity contribution >= 4 is 11.9 Å². The minimum atomic E-state index is -1.11. The molecule has 2 atom stereocenters. The number of esters is 2. The Morgan fingerprint density at radius 2 is 1.81 bits per heavy atom. The van der Waals surface area contributed by atoms with E-state index in [4.69, 9.17) is 9.47 Å². The zero-order chi connectivity index (χ0) is 19.3. The van der Waals surface area contributed by atoms with Crippen molar-refractivity contribution in [1.29, 1.82) is 0 Å². The topological polar surface area (TPSA) is 55.8 Å². The van der Waals surface area contributed by atoms with Crippen LogP contribution in [0, 0.1) is 10.8 Å². The van der Waals surface area contributed by atoms with Gasteiger partial charge in [0.2, 0.25) is 5.60 Å². The number of ether oxygens (including phenoxy) is 2. The number of fused-ring (bicyclic) bond motifs is 2. The standard InChI is InChI=1S/C22H29NO4/c1-20(2)21(3)11-12-22(20,27-18(21)24)19(25)26-17-9-13-23(14-10-17)15-16-7-5-4-6-8-16/h4-8,17H,9-15H2,1-3H3. The summed E-state index contributed by atoms with van der Waals surface area (Å²) in [5.74, 6) is -0.600. The van der Waals surface area contributed by atoms with Crippen LogP contribution in [0.1, 0.15) is 52.0 Å². The normalized spacial score (nSPS) is 33.1. The predicted octanol–water partition coefficient (Wildman–Crippen LogP) is 3.32. The number of nitrogens with zero attached hydrogens (tertiary/aromatic N) is 1. The van der Waals surface area contributed by atoms with E-state index in [1.54, 1.807) is 0 Å². The first-order valence-corrected chi connectivity index (χ1v) is 9.99. The largest absolute Gasteiger partial charge is 0.459 e. The van der Waals surface area contributed by atoms with Crippen LogP contribution < -0.4 is 0 Å². The molecule has 1 aromatic carbocycles. The molecule has 1 aromatic rings. The first-order chi connectivity index (χ1) is 12.8. The molecule has 0 N–H and O–H groups in total. The van der Waals surface area contributed by atoms with Crippen molar-refractivity contribution in [1.82, 2.24) is 4.90 Å². The Hall–Kier alpha value is -1.88. The highest BCUT2D eigenvalue weighted by Gasteiger charge is 2.76. The molecule has 0 aromatic heterocycles. The zero-order valence-corrected chi connectivity index (χ0v) is 16.5. The lowest BCUT2D eigenvalue weighted by Gasteiger charge is -2.37. The van der Waals surface area contributed by atoms with Crippen LogP contribution in [0.25, 0.3) is 0 Å². The number of likely N-dealkylation sites (tertiary alicyclic amines) is 1. The lowest BCUT2D eigenvalue weighted by molar-refractivity contribution is -0.188. The van der Waals surface area contributed by atoms with E-state index >= 15 is 0 Å². The van der Waals surface area contributed by atoms with Crippen molar-refractivity contribution in [3.05, 3.63) is 35.9 Å². The third kappa shape index (κ3) is 2.70. The second kappa shape index (κ2) is 6.33. The molecular formula is C22H29NO4. The molecular weight excluding hydrogens is 342 g/mol. The van der Waals surface area contributed by atoms with Gasteiger partial charge in [-0.05, 0) is 38.2 Å². The minimum Gasteiger partial charge on any atom is -0.459 e. The summed E-state index contributed by atoms with van der Waals surface area (Å²) in [4.78, 5) is 27.8. The van der Waals surface area contributed by atoms with Gasteiger partial charge in [0.25, 0.3) is 0 Å². The Morgan fingerprint density at radius 1 is 1.15 bits per heavy atom. The van der Waals surface area contributed by atoms with Gasteiger partial charge in [0.15, 0.2) is 0 Å². The summed E-state index contributed by atoms with van der Waals surface area (Å²) >= 11 is 0. The van der Waals surface area contributed by atoms with E-state index in [1.807, 2.05) is 26.8 Å². The fraction of sp³-hybridized carbons (Fsp3) is 0.636. The molecule has 5 heteroatoms. The van der Waals surface area contributed by atoms with Gasteiger partial charge < -0.3 is 9.47 Å². The van der Waals surface area contributed by atoms with Crippen molar-refractivity contribution in [2.24, 2.45) is 10.8 Å². The summed E-state index contributed by atoms with van der Waals surface area (Å²) < 4.78 is 11.5. The molecule has 2 saturated heterocycles. The molecule has 3 fully saturated rings. The number of piperidine rings is 1. The van der Waals surface area contributed by atoms with Crippen LogP contribution in [0.2, 0.25) is 0 Å². The van der Waals surface area contributed by atoms with Crippen molar-refractivity contribution in [2.75, 3.05) is 13.1 Å². The average molecular weight is 371 g/mol. The quantitative estimate of drug-likeness (QED) is 0.760. The minimum absolute atomic E-state index is 0.0964. The predicted molar refractivity (Wildman–Crippen MR) is 101 cm³/mol.